The molecule has 0 saturated heterocycles. The molecule has 2 atom stereocenters. The quantitative estimate of drug-likeness (QED) is 0.665. The SMILES string of the molecule is NC[C@@H](O)[C@@H](O)c1ccccc1/C=C/C1(O)CCCCC1. The highest BCUT2D eigenvalue weighted by Crippen LogP contribution is 2.30. The third-order valence-electron chi connectivity index (χ3n) is 4.21. The highest BCUT2D eigenvalue weighted by molar-refractivity contribution is 5.55. The molecule has 0 amide bonds. The fourth-order valence-corrected chi connectivity index (χ4v) is 2.84. The van der Waals surface area contributed by atoms with E-state index in [1.807, 2.05) is 30.4 Å². The van der Waals surface area contributed by atoms with Crippen LogP contribution in [0.25, 0.3) is 6.08 Å². The predicted octanol–water partition coefficient (Wildman–Crippen LogP) is 1.75. The molecule has 0 bridgehead atoms. The molecule has 4 heteroatoms. The van der Waals surface area contributed by atoms with Crippen LogP contribution in [0.1, 0.15) is 49.3 Å². The van der Waals surface area contributed by atoms with E-state index in [9.17, 15) is 15.3 Å². The average Bonchev–Trinajstić information content (AvgIpc) is 2.52. The lowest BCUT2D eigenvalue weighted by Crippen LogP contribution is -2.28. The summed E-state index contributed by atoms with van der Waals surface area (Å²) in [6, 6.07) is 7.32. The summed E-state index contributed by atoms with van der Waals surface area (Å²) in [6.45, 7) is 0.00313. The van der Waals surface area contributed by atoms with Crippen molar-refractivity contribution in [1.82, 2.24) is 0 Å². The molecule has 4 nitrogen and oxygen atoms in total. The first-order valence-electron chi connectivity index (χ1n) is 7.62. The maximum absolute atomic E-state index is 10.5. The smallest absolute Gasteiger partial charge is 0.107 e. The summed E-state index contributed by atoms with van der Waals surface area (Å²) in [5.74, 6) is 0. The van der Waals surface area contributed by atoms with Crippen molar-refractivity contribution in [2.45, 2.75) is 49.9 Å². The van der Waals surface area contributed by atoms with Gasteiger partial charge in [0, 0.05) is 6.54 Å². The number of nitrogens with two attached hydrogens (primary N) is 1. The molecule has 5 N–H and O–H groups in total. The van der Waals surface area contributed by atoms with Crippen LogP contribution in [0.2, 0.25) is 0 Å². The van der Waals surface area contributed by atoms with Gasteiger partial charge in [-0.05, 0) is 24.0 Å². The Morgan fingerprint density at radius 3 is 2.48 bits per heavy atom. The molecule has 0 aromatic heterocycles. The maximum Gasteiger partial charge on any atom is 0.107 e. The van der Waals surface area contributed by atoms with Crippen LogP contribution >= 0.6 is 0 Å². The first-order valence-corrected chi connectivity index (χ1v) is 7.62. The van der Waals surface area contributed by atoms with Gasteiger partial charge in [-0.25, -0.2) is 0 Å². The lowest BCUT2D eigenvalue weighted by Gasteiger charge is -2.29. The Morgan fingerprint density at radius 2 is 1.81 bits per heavy atom. The van der Waals surface area contributed by atoms with E-state index in [0.717, 1.165) is 31.2 Å². The first kappa shape index (κ1) is 16.2. The van der Waals surface area contributed by atoms with Crippen molar-refractivity contribution in [1.29, 1.82) is 0 Å². The lowest BCUT2D eigenvalue weighted by molar-refractivity contribution is 0.0242. The minimum Gasteiger partial charge on any atom is -0.389 e. The zero-order valence-corrected chi connectivity index (χ0v) is 12.3. The normalized spacial score (nSPS) is 21.3. The van der Waals surface area contributed by atoms with Crippen molar-refractivity contribution >= 4 is 6.08 Å². The Hall–Kier alpha value is -1.20. The largest absolute Gasteiger partial charge is 0.389 e. The van der Waals surface area contributed by atoms with E-state index in [0.29, 0.717) is 5.56 Å². The minimum absolute atomic E-state index is 0.00313. The van der Waals surface area contributed by atoms with Gasteiger partial charge in [0.1, 0.15) is 6.10 Å². The summed E-state index contributed by atoms with van der Waals surface area (Å²) in [7, 11) is 0. The second kappa shape index (κ2) is 7.18. The number of hydrogen-bond donors (Lipinski definition) is 4. The summed E-state index contributed by atoms with van der Waals surface area (Å²) >= 11 is 0. The molecule has 0 spiro atoms. The molecule has 1 fully saturated rings. The molecular formula is C17H25NO3. The van der Waals surface area contributed by atoms with E-state index >= 15 is 0 Å². The van der Waals surface area contributed by atoms with E-state index in [1.165, 1.54) is 6.42 Å². The van der Waals surface area contributed by atoms with Crippen LogP contribution in [0.5, 0.6) is 0 Å². The molecule has 1 aliphatic rings. The Balaban J connectivity index is 2.20. The van der Waals surface area contributed by atoms with Crippen LogP contribution < -0.4 is 5.73 Å². The van der Waals surface area contributed by atoms with Gasteiger partial charge in [0.25, 0.3) is 0 Å². The number of hydrogen-bond acceptors (Lipinski definition) is 4. The molecule has 1 saturated carbocycles. The number of rotatable bonds is 5. The van der Waals surface area contributed by atoms with Gasteiger partial charge >= 0.3 is 0 Å². The van der Waals surface area contributed by atoms with Crippen LogP contribution in [0, 0.1) is 0 Å². The first-order chi connectivity index (χ1) is 10.1. The predicted molar refractivity (Wildman–Crippen MR) is 83.5 cm³/mol. The minimum atomic E-state index is -1.02. The van der Waals surface area contributed by atoms with Gasteiger partial charge in [-0.2, -0.15) is 0 Å². The van der Waals surface area contributed by atoms with E-state index in [2.05, 4.69) is 0 Å². The number of aliphatic hydroxyl groups excluding tert-OH is 2. The molecule has 0 aliphatic heterocycles. The van der Waals surface area contributed by atoms with E-state index in [4.69, 9.17) is 5.73 Å². The Labute approximate surface area is 125 Å². The van der Waals surface area contributed by atoms with E-state index < -0.39 is 17.8 Å². The Morgan fingerprint density at radius 1 is 1.14 bits per heavy atom. The van der Waals surface area contributed by atoms with Crippen molar-refractivity contribution in [3.8, 4) is 0 Å². The van der Waals surface area contributed by atoms with Crippen molar-refractivity contribution in [3.63, 3.8) is 0 Å². The summed E-state index contributed by atoms with van der Waals surface area (Å²) in [5, 5.41) is 30.4. The van der Waals surface area contributed by atoms with Crippen LogP contribution in [0.4, 0.5) is 0 Å². The van der Waals surface area contributed by atoms with E-state index in [-0.39, 0.29) is 6.54 Å². The zero-order chi connectivity index (χ0) is 15.3. The highest BCUT2D eigenvalue weighted by Gasteiger charge is 2.26. The topological polar surface area (TPSA) is 86.7 Å². The van der Waals surface area contributed by atoms with Crippen LogP contribution in [-0.4, -0.2) is 33.6 Å². The van der Waals surface area contributed by atoms with Gasteiger partial charge in [-0.3, -0.25) is 0 Å². The fraction of sp³-hybridized carbons (Fsp3) is 0.529. The zero-order valence-electron chi connectivity index (χ0n) is 12.3. The fourth-order valence-electron chi connectivity index (χ4n) is 2.84. The van der Waals surface area contributed by atoms with E-state index in [1.54, 1.807) is 6.07 Å². The van der Waals surface area contributed by atoms with Gasteiger partial charge in [-0.15, -0.1) is 0 Å². The third-order valence-corrected chi connectivity index (χ3v) is 4.21. The van der Waals surface area contributed by atoms with Crippen LogP contribution in [-0.2, 0) is 0 Å². The molecule has 1 aromatic carbocycles. The summed E-state index contributed by atoms with van der Waals surface area (Å²) in [4.78, 5) is 0. The van der Waals surface area contributed by atoms with Crippen molar-refractivity contribution in [3.05, 3.63) is 41.5 Å². The number of benzene rings is 1. The van der Waals surface area contributed by atoms with Gasteiger partial charge in [0.2, 0.25) is 0 Å². The molecule has 21 heavy (non-hydrogen) atoms. The molecule has 2 rings (SSSR count). The van der Waals surface area contributed by atoms with Crippen molar-refractivity contribution in [2.24, 2.45) is 5.73 Å². The summed E-state index contributed by atoms with van der Waals surface area (Å²) in [5.41, 5.74) is 6.09. The summed E-state index contributed by atoms with van der Waals surface area (Å²) < 4.78 is 0. The maximum atomic E-state index is 10.5. The summed E-state index contributed by atoms with van der Waals surface area (Å²) in [6.07, 6.45) is 6.47. The highest BCUT2D eigenvalue weighted by atomic mass is 16.3. The van der Waals surface area contributed by atoms with Gasteiger partial charge in [0.05, 0.1) is 11.7 Å². The van der Waals surface area contributed by atoms with Gasteiger partial charge < -0.3 is 21.1 Å². The molecule has 0 unspecified atom stereocenters. The standard InChI is InChI=1S/C17H25NO3/c18-12-15(19)16(20)14-7-3-2-6-13(14)8-11-17(21)9-4-1-5-10-17/h2-3,6-8,11,15-16,19-21H,1,4-5,9-10,12,18H2/b11-8+/t15-,16+/m1/s1. The monoisotopic (exact) mass is 291 g/mol. The second-order valence-corrected chi connectivity index (χ2v) is 5.87. The molecule has 0 heterocycles. The number of aliphatic hydroxyl groups is 3. The van der Waals surface area contributed by atoms with Crippen molar-refractivity contribution < 1.29 is 15.3 Å². The Bertz CT molecular complexity index is 481. The Kier molecular flexibility index (Phi) is 5.53. The van der Waals surface area contributed by atoms with Crippen LogP contribution in [0.3, 0.4) is 0 Å². The van der Waals surface area contributed by atoms with Gasteiger partial charge in [-0.1, -0.05) is 55.7 Å². The lowest BCUT2D eigenvalue weighted by atomic mass is 9.84. The molecule has 0 radical (unpaired) electrons. The van der Waals surface area contributed by atoms with Gasteiger partial charge in [0.15, 0.2) is 0 Å². The molecule has 116 valence electrons. The van der Waals surface area contributed by atoms with Crippen molar-refractivity contribution in [2.75, 3.05) is 6.54 Å². The molecular weight excluding hydrogens is 266 g/mol. The molecule has 1 aromatic rings. The second-order valence-electron chi connectivity index (χ2n) is 5.87. The third kappa shape index (κ3) is 4.14. The molecule has 1 aliphatic carbocycles. The average molecular weight is 291 g/mol. The van der Waals surface area contributed by atoms with Crippen LogP contribution in [0.15, 0.2) is 30.3 Å².